The molecular weight excluding hydrogens is 684 g/mol. The van der Waals surface area contributed by atoms with E-state index in [2.05, 4.69) is 15.4 Å². The second kappa shape index (κ2) is 15.5. The molecule has 4 rings (SSSR count). The van der Waals surface area contributed by atoms with E-state index in [1.165, 1.54) is 14.7 Å². The SMILES string of the molecule is O=C(Nc1cc(F)c(F)cc1N1CCN(CCC(F)(F)F)CC1)c1ccc(CNC(=O)N2CCC(COC(=O)C(F)(F)F)CC2)c(F)c1F. The number of piperidine rings is 1. The largest absolute Gasteiger partial charge is 0.490 e. The van der Waals surface area contributed by atoms with Crippen LogP contribution in [0.1, 0.15) is 35.2 Å². The van der Waals surface area contributed by atoms with Crippen LogP contribution in [0.2, 0.25) is 0 Å². The minimum Gasteiger partial charge on any atom is -0.459 e. The Morgan fingerprint density at radius 3 is 2.08 bits per heavy atom. The van der Waals surface area contributed by atoms with Gasteiger partial charge in [-0.3, -0.25) is 9.69 Å². The van der Waals surface area contributed by atoms with Gasteiger partial charge in [-0.2, -0.15) is 26.3 Å². The van der Waals surface area contributed by atoms with Gasteiger partial charge in [0.25, 0.3) is 5.91 Å². The van der Waals surface area contributed by atoms with Crippen molar-refractivity contribution >= 4 is 29.3 Å². The van der Waals surface area contributed by atoms with Gasteiger partial charge in [-0.15, -0.1) is 0 Å². The molecule has 2 fully saturated rings. The summed E-state index contributed by atoms with van der Waals surface area (Å²) < 4.78 is 137. The summed E-state index contributed by atoms with van der Waals surface area (Å²) in [7, 11) is 0. The Kier molecular flexibility index (Phi) is 11.9. The van der Waals surface area contributed by atoms with Crippen molar-refractivity contribution in [3.05, 3.63) is 58.7 Å². The highest BCUT2D eigenvalue weighted by molar-refractivity contribution is 6.06. The molecule has 2 heterocycles. The molecule has 0 aliphatic carbocycles. The third kappa shape index (κ3) is 10.1. The molecule has 0 aromatic heterocycles. The molecule has 9 nitrogen and oxygen atoms in total. The van der Waals surface area contributed by atoms with Crippen molar-refractivity contribution in [3.8, 4) is 0 Å². The fourth-order valence-electron chi connectivity index (χ4n) is 5.35. The molecule has 2 N–H and O–H groups in total. The molecule has 49 heavy (non-hydrogen) atoms. The number of piperazine rings is 1. The first-order chi connectivity index (χ1) is 22.9. The minimum atomic E-state index is -5.12. The van der Waals surface area contributed by atoms with Gasteiger partial charge >= 0.3 is 24.4 Å². The van der Waals surface area contributed by atoms with Crippen molar-refractivity contribution in [1.82, 2.24) is 15.1 Å². The summed E-state index contributed by atoms with van der Waals surface area (Å²) in [6, 6.07) is 2.70. The summed E-state index contributed by atoms with van der Waals surface area (Å²) in [5.74, 6) is -9.63. The number of hydrogen-bond acceptors (Lipinski definition) is 6. The number of esters is 1. The quantitative estimate of drug-likeness (QED) is 0.260. The monoisotopic (exact) mass is 715 g/mol. The average Bonchev–Trinajstić information content (AvgIpc) is 3.04. The highest BCUT2D eigenvalue weighted by Gasteiger charge is 2.41. The molecule has 0 bridgehead atoms. The third-order valence-corrected chi connectivity index (χ3v) is 8.13. The van der Waals surface area contributed by atoms with Crippen LogP contribution in [0.15, 0.2) is 24.3 Å². The number of alkyl halides is 6. The van der Waals surface area contributed by atoms with Crippen LogP contribution in [-0.2, 0) is 16.1 Å². The van der Waals surface area contributed by atoms with Gasteiger partial charge in [0.1, 0.15) is 0 Å². The lowest BCUT2D eigenvalue weighted by Gasteiger charge is -2.37. The van der Waals surface area contributed by atoms with Crippen LogP contribution in [0, 0.1) is 29.2 Å². The van der Waals surface area contributed by atoms with Crippen molar-refractivity contribution in [3.63, 3.8) is 0 Å². The van der Waals surface area contributed by atoms with E-state index in [1.54, 1.807) is 0 Å². The fraction of sp³-hybridized carbons (Fsp3) is 0.500. The third-order valence-electron chi connectivity index (χ3n) is 8.13. The number of halogens is 10. The molecule has 2 aromatic carbocycles. The van der Waals surface area contributed by atoms with Gasteiger partial charge in [0.2, 0.25) is 0 Å². The first-order valence-electron chi connectivity index (χ1n) is 15.0. The van der Waals surface area contributed by atoms with E-state index in [0.29, 0.717) is 6.07 Å². The lowest BCUT2D eigenvalue weighted by Crippen LogP contribution is -2.47. The maximum Gasteiger partial charge on any atom is 0.490 e. The van der Waals surface area contributed by atoms with Gasteiger partial charge in [-0.25, -0.2) is 27.2 Å². The molecule has 19 heteroatoms. The number of rotatable bonds is 9. The Balaban J connectivity index is 1.33. The van der Waals surface area contributed by atoms with Crippen LogP contribution in [0.25, 0.3) is 0 Å². The van der Waals surface area contributed by atoms with Crippen molar-refractivity contribution < 1.29 is 63.0 Å². The Morgan fingerprint density at radius 2 is 1.47 bits per heavy atom. The van der Waals surface area contributed by atoms with E-state index >= 15 is 4.39 Å². The first-order valence-corrected chi connectivity index (χ1v) is 15.0. The molecule has 2 saturated heterocycles. The summed E-state index contributed by atoms with van der Waals surface area (Å²) in [4.78, 5) is 40.7. The van der Waals surface area contributed by atoms with E-state index in [9.17, 15) is 53.9 Å². The standard InChI is InChI=1S/C30H31F10N5O4/c31-20-13-22(23(14-21(20)32)44-11-9-43(10-12-44)8-5-29(35,36)37)42-26(46)19-2-1-18(24(33)25(19)34)15-41-28(48)45-6-3-17(4-7-45)16-49-27(47)30(38,39)40/h1-2,13-14,17H,3-12,15-16H2,(H,41,48)(H,42,46). The van der Waals surface area contributed by atoms with E-state index in [4.69, 9.17) is 0 Å². The fourth-order valence-corrected chi connectivity index (χ4v) is 5.35. The lowest BCUT2D eigenvalue weighted by molar-refractivity contribution is -0.201. The second-order valence-electron chi connectivity index (χ2n) is 11.5. The van der Waals surface area contributed by atoms with E-state index in [1.807, 2.05) is 0 Å². The van der Waals surface area contributed by atoms with Gasteiger partial charge in [-0.05, 0) is 24.8 Å². The van der Waals surface area contributed by atoms with Gasteiger partial charge in [0.05, 0.1) is 30.0 Å². The zero-order valence-corrected chi connectivity index (χ0v) is 25.6. The highest BCUT2D eigenvalue weighted by Crippen LogP contribution is 2.31. The van der Waals surface area contributed by atoms with Crippen LogP contribution in [0.3, 0.4) is 0 Å². The van der Waals surface area contributed by atoms with Crippen LogP contribution in [0.4, 0.5) is 60.1 Å². The average molecular weight is 716 g/mol. The molecule has 0 saturated carbocycles. The van der Waals surface area contributed by atoms with Crippen LogP contribution in [0.5, 0.6) is 0 Å². The highest BCUT2D eigenvalue weighted by atomic mass is 19.4. The number of likely N-dealkylation sites (tertiary alicyclic amines) is 1. The normalized spacial score (nSPS) is 16.4. The molecule has 0 radical (unpaired) electrons. The Hall–Kier alpha value is -4.29. The van der Waals surface area contributed by atoms with Crippen LogP contribution >= 0.6 is 0 Å². The van der Waals surface area contributed by atoms with Crippen LogP contribution < -0.4 is 15.5 Å². The van der Waals surface area contributed by atoms with Crippen molar-refractivity contribution in [2.24, 2.45) is 5.92 Å². The molecule has 270 valence electrons. The Morgan fingerprint density at radius 1 is 0.837 bits per heavy atom. The van der Waals surface area contributed by atoms with E-state index < -0.39 is 84.6 Å². The predicted molar refractivity (Wildman–Crippen MR) is 154 cm³/mol. The molecular formula is C30H31F10N5O4. The number of urea groups is 1. The van der Waals surface area contributed by atoms with Gasteiger partial charge in [0.15, 0.2) is 23.3 Å². The van der Waals surface area contributed by atoms with E-state index in [0.717, 1.165) is 18.2 Å². The summed E-state index contributed by atoms with van der Waals surface area (Å²) in [6.07, 6.45) is -10.0. The number of nitrogens with zero attached hydrogens (tertiary/aromatic N) is 3. The number of hydrogen-bond donors (Lipinski definition) is 2. The molecule has 2 aliphatic rings. The Bertz CT molecular complexity index is 1520. The predicted octanol–water partition coefficient (Wildman–Crippen LogP) is 5.60. The molecule has 0 unspecified atom stereocenters. The summed E-state index contributed by atoms with van der Waals surface area (Å²) in [5, 5.41) is 4.63. The molecule has 2 aromatic rings. The van der Waals surface area contributed by atoms with Crippen molar-refractivity contribution in [1.29, 1.82) is 0 Å². The smallest absolute Gasteiger partial charge is 0.459 e. The molecule has 3 amide bonds. The number of benzene rings is 2. The van der Waals surface area contributed by atoms with Gasteiger partial charge < -0.3 is 25.2 Å². The second-order valence-corrected chi connectivity index (χ2v) is 11.5. The molecule has 0 atom stereocenters. The first kappa shape index (κ1) is 37.5. The summed E-state index contributed by atoms with van der Waals surface area (Å²) in [5.41, 5.74) is -1.44. The summed E-state index contributed by atoms with van der Waals surface area (Å²) in [6.45, 7) is -0.530. The zero-order valence-electron chi connectivity index (χ0n) is 25.6. The topological polar surface area (TPSA) is 94.2 Å². The maximum absolute atomic E-state index is 15.0. The van der Waals surface area contributed by atoms with Crippen molar-refractivity contribution in [2.75, 3.05) is 62.6 Å². The Labute approximate surface area is 273 Å². The molecule has 2 aliphatic heterocycles. The maximum atomic E-state index is 15.0. The van der Waals surface area contributed by atoms with Crippen LogP contribution in [-0.4, -0.2) is 92.5 Å². The number of ether oxygens (including phenoxy) is 1. The van der Waals surface area contributed by atoms with Crippen molar-refractivity contribution in [2.45, 2.75) is 38.2 Å². The van der Waals surface area contributed by atoms with Gasteiger partial charge in [-0.1, -0.05) is 6.07 Å². The number of amides is 3. The summed E-state index contributed by atoms with van der Waals surface area (Å²) >= 11 is 0. The number of carbonyl (C=O) groups excluding carboxylic acids is 3. The number of nitrogens with one attached hydrogen (secondary N) is 2. The van der Waals surface area contributed by atoms with Gasteiger partial charge in [0, 0.05) is 70.1 Å². The molecule has 0 spiro atoms. The minimum absolute atomic E-state index is 0.0192. The number of anilines is 2. The zero-order chi connectivity index (χ0) is 36.1. The number of carbonyl (C=O) groups is 3. The lowest BCUT2D eigenvalue weighted by atomic mass is 9.98. The van der Waals surface area contributed by atoms with E-state index in [-0.39, 0.29) is 75.6 Å².